The minimum atomic E-state index is -4.05. The van der Waals surface area contributed by atoms with Crippen LogP contribution in [-0.2, 0) is 14.8 Å². The summed E-state index contributed by atoms with van der Waals surface area (Å²) in [6.07, 6.45) is 0.503. The van der Waals surface area contributed by atoms with E-state index >= 15 is 0 Å². The third-order valence-electron chi connectivity index (χ3n) is 2.87. The number of benzene rings is 1. The van der Waals surface area contributed by atoms with Crippen molar-refractivity contribution in [1.82, 2.24) is 4.72 Å². The van der Waals surface area contributed by atoms with Crippen molar-refractivity contribution in [3.63, 3.8) is 0 Å². The molecule has 0 aliphatic rings. The highest BCUT2D eigenvalue weighted by molar-refractivity contribution is 7.89. The second-order valence-corrected chi connectivity index (χ2v) is 5.99. The third kappa shape index (κ3) is 4.00. The van der Waals surface area contributed by atoms with Gasteiger partial charge in [0.1, 0.15) is 11.9 Å². The Kier molecular flexibility index (Phi) is 5.02. The maximum Gasteiger partial charge on any atom is 0.322 e. The third-order valence-corrected chi connectivity index (χ3v) is 4.31. The topological polar surface area (TPSA) is 83.5 Å². The molecule has 0 bridgehead atoms. The van der Waals surface area contributed by atoms with Crippen LogP contribution in [0.4, 0.5) is 4.39 Å². The van der Waals surface area contributed by atoms with E-state index in [-0.39, 0.29) is 10.8 Å². The summed E-state index contributed by atoms with van der Waals surface area (Å²) in [5.41, 5.74) is 0. The van der Waals surface area contributed by atoms with Crippen molar-refractivity contribution in [1.29, 1.82) is 0 Å². The van der Waals surface area contributed by atoms with Gasteiger partial charge in [-0.15, -0.1) is 0 Å². The number of hydrogen-bond donors (Lipinski definition) is 2. The number of rotatable bonds is 6. The molecule has 0 heterocycles. The van der Waals surface area contributed by atoms with E-state index in [4.69, 9.17) is 5.11 Å². The molecule has 0 aliphatic carbocycles. The molecule has 0 saturated carbocycles. The van der Waals surface area contributed by atoms with Crippen LogP contribution in [0.15, 0.2) is 29.2 Å². The predicted octanol–water partition coefficient (Wildman–Crippen LogP) is 1.60. The van der Waals surface area contributed by atoms with Crippen LogP contribution in [0.1, 0.15) is 20.3 Å². The van der Waals surface area contributed by atoms with Crippen molar-refractivity contribution < 1.29 is 22.7 Å². The van der Waals surface area contributed by atoms with Crippen molar-refractivity contribution in [3.8, 4) is 0 Å². The second-order valence-electron chi connectivity index (χ2n) is 4.28. The number of nitrogens with one attached hydrogen (secondary N) is 1. The smallest absolute Gasteiger partial charge is 0.322 e. The zero-order chi connectivity index (χ0) is 14.6. The molecule has 1 aromatic rings. The minimum absolute atomic E-state index is 0.290. The van der Waals surface area contributed by atoms with Gasteiger partial charge in [-0.25, -0.2) is 12.8 Å². The second kappa shape index (κ2) is 6.12. The highest BCUT2D eigenvalue weighted by atomic mass is 32.2. The number of carboxylic acid groups (broad SMARTS) is 1. The summed E-state index contributed by atoms with van der Waals surface area (Å²) in [5, 5.41) is 9.04. The van der Waals surface area contributed by atoms with Crippen molar-refractivity contribution in [2.24, 2.45) is 5.92 Å². The molecule has 2 atom stereocenters. The van der Waals surface area contributed by atoms with E-state index in [0.29, 0.717) is 6.42 Å². The van der Waals surface area contributed by atoms with Crippen LogP contribution in [0.25, 0.3) is 0 Å². The number of hydrogen-bond acceptors (Lipinski definition) is 3. The zero-order valence-corrected chi connectivity index (χ0v) is 11.4. The molecule has 0 aromatic heterocycles. The number of aliphatic carboxylic acids is 1. The van der Waals surface area contributed by atoms with Crippen LogP contribution < -0.4 is 4.72 Å². The SMILES string of the molecule is CCC(C)[C@H](NS(=O)(=O)c1cccc(F)c1)C(=O)O. The summed E-state index contributed by atoms with van der Waals surface area (Å²) >= 11 is 0. The van der Waals surface area contributed by atoms with E-state index in [2.05, 4.69) is 4.72 Å². The molecule has 19 heavy (non-hydrogen) atoms. The first-order chi connectivity index (χ1) is 8.77. The summed E-state index contributed by atoms with van der Waals surface area (Å²) in [7, 11) is -4.05. The fourth-order valence-corrected chi connectivity index (χ4v) is 2.84. The standard InChI is InChI=1S/C12H16FNO4S/c1-3-8(2)11(12(15)16)14-19(17,18)10-6-4-5-9(13)7-10/h4-8,11,14H,3H2,1-2H3,(H,15,16)/t8?,11-/m0/s1. The average molecular weight is 289 g/mol. The molecule has 0 radical (unpaired) electrons. The van der Waals surface area contributed by atoms with Gasteiger partial charge in [-0.2, -0.15) is 4.72 Å². The molecule has 1 rings (SSSR count). The summed E-state index contributed by atoms with van der Waals surface area (Å²) in [6.45, 7) is 3.39. The van der Waals surface area contributed by atoms with Crippen LogP contribution in [0.3, 0.4) is 0 Å². The molecule has 2 N–H and O–H groups in total. The Bertz CT molecular complexity index is 559. The molecule has 106 valence electrons. The quantitative estimate of drug-likeness (QED) is 0.833. The first kappa shape index (κ1) is 15.6. The van der Waals surface area contributed by atoms with Crippen molar-refractivity contribution in [2.75, 3.05) is 0 Å². The van der Waals surface area contributed by atoms with Crippen LogP contribution in [0.5, 0.6) is 0 Å². The van der Waals surface area contributed by atoms with Gasteiger partial charge >= 0.3 is 5.97 Å². The van der Waals surface area contributed by atoms with Gasteiger partial charge in [0, 0.05) is 0 Å². The maximum absolute atomic E-state index is 13.0. The molecular formula is C12H16FNO4S. The number of carboxylic acids is 1. The lowest BCUT2D eigenvalue weighted by molar-refractivity contribution is -0.140. The molecule has 1 unspecified atom stereocenters. The number of halogens is 1. The van der Waals surface area contributed by atoms with Crippen LogP contribution >= 0.6 is 0 Å². The summed E-state index contributed by atoms with van der Waals surface area (Å²) in [4.78, 5) is 10.8. The fourth-order valence-electron chi connectivity index (χ4n) is 1.52. The minimum Gasteiger partial charge on any atom is -0.480 e. The zero-order valence-electron chi connectivity index (χ0n) is 10.6. The molecule has 0 fully saturated rings. The molecule has 1 aromatic carbocycles. The van der Waals surface area contributed by atoms with Crippen molar-refractivity contribution >= 4 is 16.0 Å². The maximum atomic E-state index is 13.0. The highest BCUT2D eigenvalue weighted by Crippen LogP contribution is 2.15. The molecule has 5 nitrogen and oxygen atoms in total. The van der Waals surface area contributed by atoms with E-state index in [1.165, 1.54) is 12.1 Å². The molecule has 7 heteroatoms. The first-order valence-corrected chi connectivity index (χ1v) is 7.27. The lowest BCUT2D eigenvalue weighted by Gasteiger charge is -2.20. The fraction of sp³-hybridized carbons (Fsp3) is 0.417. The summed E-state index contributed by atoms with van der Waals surface area (Å²) in [6, 6.07) is 3.18. The molecule has 0 saturated heterocycles. The lowest BCUT2D eigenvalue weighted by Crippen LogP contribution is -2.44. The Labute approximate surface area is 111 Å². The Hall–Kier alpha value is -1.47. The Morgan fingerprint density at radius 1 is 1.47 bits per heavy atom. The van der Waals surface area contributed by atoms with E-state index in [0.717, 1.165) is 12.1 Å². The van der Waals surface area contributed by atoms with Gasteiger partial charge in [-0.3, -0.25) is 4.79 Å². The Morgan fingerprint density at radius 3 is 2.58 bits per heavy atom. The first-order valence-electron chi connectivity index (χ1n) is 5.78. The van der Waals surface area contributed by atoms with E-state index in [9.17, 15) is 17.6 Å². The van der Waals surface area contributed by atoms with E-state index in [1.807, 2.05) is 0 Å². The Morgan fingerprint density at radius 2 is 2.11 bits per heavy atom. The highest BCUT2D eigenvalue weighted by Gasteiger charge is 2.29. The lowest BCUT2D eigenvalue weighted by atomic mass is 10.0. The molecule has 0 aliphatic heterocycles. The Balaban J connectivity index is 3.04. The normalized spacial score (nSPS) is 14.9. The molecular weight excluding hydrogens is 273 g/mol. The van der Waals surface area contributed by atoms with Gasteiger partial charge in [0.2, 0.25) is 10.0 Å². The summed E-state index contributed by atoms with van der Waals surface area (Å²) in [5.74, 6) is -2.33. The molecule has 0 spiro atoms. The molecule has 0 amide bonds. The van der Waals surface area contributed by atoms with Crippen LogP contribution in [0.2, 0.25) is 0 Å². The van der Waals surface area contributed by atoms with Gasteiger partial charge in [-0.05, 0) is 24.1 Å². The van der Waals surface area contributed by atoms with Gasteiger partial charge in [0.25, 0.3) is 0 Å². The van der Waals surface area contributed by atoms with Crippen molar-refractivity contribution in [3.05, 3.63) is 30.1 Å². The van der Waals surface area contributed by atoms with E-state index < -0.39 is 27.9 Å². The van der Waals surface area contributed by atoms with Crippen molar-refractivity contribution in [2.45, 2.75) is 31.2 Å². The predicted molar refractivity (Wildman–Crippen MR) is 67.6 cm³/mol. The largest absolute Gasteiger partial charge is 0.480 e. The number of sulfonamides is 1. The van der Waals surface area contributed by atoms with Gasteiger partial charge < -0.3 is 5.11 Å². The monoisotopic (exact) mass is 289 g/mol. The van der Waals surface area contributed by atoms with Crippen LogP contribution in [0, 0.1) is 11.7 Å². The summed E-state index contributed by atoms with van der Waals surface area (Å²) < 4.78 is 39.1. The van der Waals surface area contributed by atoms with Crippen LogP contribution in [-0.4, -0.2) is 25.5 Å². The van der Waals surface area contributed by atoms with Gasteiger partial charge in [0.15, 0.2) is 0 Å². The van der Waals surface area contributed by atoms with E-state index in [1.54, 1.807) is 13.8 Å². The van der Waals surface area contributed by atoms with Gasteiger partial charge in [-0.1, -0.05) is 26.3 Å². The number of carbonyl (C=O) groups is 1. The van der Waals surface area contributed by atoms with Gasteiger partial charge in [0.05, 0.1) is 4.90 Å². The average Bonchev–Trinajstić information content (AvgIpc) is 2.35.